The Hall–Kier alpha value is -1.76. The number of aromatic nitrogens is 3. The summed E-state index contributed by atoms with van der Waals surface area (Å²) in [6.45, 7) is 4.56. The van der Waals surface area contributed by atoms with Crippen molar-refractivity contribution in [3.05, 3.63) is 11.4 Å². The molecule has 2 atom stereocenters. The molecule has 1 aliphatic heterocycles. The number of hydrogen-bond acceptors (Lipinski definition) is 6. The van der Waals surface area contributed by atoms with Crippen LogP contribution in [0.15, 0.2) is 0 Å². The van der Waals surface area contributed by atoms with Gasteiger partial charge in [-0.15, -0.1) is 5.10 Å². The Morgan fingerprint density at radius 2 is 2.05 bits per heavy atom. The van der Waals surface area contributed by atoms with Crippen molar-refractivity contribution in [3.63, 3.8) is 0 Å². The first-order valence-corrected chi connectivity index (χ1v) is 6.98. The van der Waals surface area contributed by atoms with Crippen LogP contribution in [0.3, 0.4) is 0 Å². The Bertz CT molecular complexity index is 481. The summed E-state index contributed by atoms with van der Waals surface area (Å²) >= 11 is 0. The first-order chi connectivity index (χ1) is 9.63. The van der Waals surface area contributed by atoms with E-state index >= 15 is 0 Å². The number of carboxylic acid groups (broad SMARTS) is 1. The van der Waals surface area contributed by atoms with E-state index in [2.05, 4.69) is 20.5 Å². The van der Waals surface area contributed by atoms with Gasteiger partial charge in [-0.25, -0.2) is 9.78 Å². The number of anilines is 1. The van der Waals surface area contributed by atoms with Crippen LogP contribution >= 0.6 is 0 Å². The quantitative estimate of drug-likeness (QED) is 0.803. The molecule has 0 radical (unpaired) electrons. The lowest BCUT2D eigenvalue weighted by molar-refractivity contribution is -0.149. The number of carboxylic acids is 1. The van der Waals surface area contributed by atoms with Crippen molar-refractivity contribution in [2.45, 2.75) is 51.7 Å². The van der Waals surface area contributed by atoms with Gasteiger partial charge in [0.15, 0.2) is 6.10 Å². The summed E-state index contributed by atoms with van der Waals surface area (Å²) in [5, 5.41) is 20.1. The first kappa shape index (κ1) is 14.6. The van der Waals surface area contributed by atoms with Crippen molar-refractivity contribution in [2.75, 3.05) is 11.9 Å². The van der Waals surface area contributed by atoms with E-state index in [0.717, 1.165) is 30.7 Å². The number of aliphatic carboxylic acids is 1. The molecule has 110 valence electrons. The van der Waals surface area contributed by atoms with Crippen molar-refractivity contribution in [3.8, 4) is 0 Å². The minimum Gasteiger partial charge on any atom is -0.479 e. The van der Waals surface area contributed by atoms with E-state index in [1.165, 1.54) is 0 Å². The molecule has 7 heteroatoms. The summed E-state index contributed by atoms with van der Waals surface area (Å²) in [7, 11) is 0. The lowest BCUT2D eigenvalue weighted by atomic mass is 10.2. The van der Waals surface area contributed by atoms with E-state index in [1.54, 1.807) is 0 Å². The first-order valence-electron chi connectivity index (χ1n) is 6.98. The second-order valence-electron chi connectivity index (χ2n) is 4.78. The summed E-state index contributed by atoms with van der Waals surface area (Å²) in [6.07, 6.45) is 2.11. The third-order valence-corrected chi connectivity index (χ3v) is 3.38. The Kier molecular flexibility index (Phi) is 4.84. The van der Waals surface area contributed by atoms with Gasteiger partial charge in [0.25, 0.3) is 0 Å². The van der Waals surface area contributed by atoms with E-state index in [1.807, 2.05) is 13.8 Å². The van der Waals surface area contributed by atoms with Gasteiger partial charge < -0.3 is 15.2 Å². The largest absolute Gasteiger partial charge is 0.479 e. The molecule has 0 bridgehead atoms. The van der Waals surface area contributed by atoms with Gasteiger partial charge in [0.2, 0.25) is 5.95 Å². The predicted molar refractivity (Wildman–Crippen MR) is 72.6 cm³/mol. The van der Waals surface area contributed by atoms with E-state index in [9.17, 15) is 4.79 Å². The zero-order chi connectivity index (χ0) is 14.5. The van der Waals surface area contributed by atoms with Crippen LogP contribution in [-0.4, -0.2) is 45.0 Å². The van der Waals surface area contributed by atoms with Gasteiger partial charge in [0, 0.05) is 6.54 Å². The summed E-state index contributed by atoms with van der Waals surface area (Å²) < 4.78 is 5.41. The smallest absolute Gasteiger partial charge is 0.332 e. The molecule has 1 aromatic heterocycles. The number of hydrogen-bond donors (Lipinski definition) is 2. The van der Waals surface area contributed by atoms with Gasteiger partial charge in [-0.1, -0.05) is 13.8 Å². The molecule has 0 amide bonds. The summed E-state index contributed by atoms with van der Waals surface area (Å²) in [4.78, 5) is 15.2. The minimum absolute atomic E-state index is 0.115. The van der Waals surface area contributed by atoms with Crippen LogP contribution in [-0.2, 0) is 22.4 Å². The minimum atomic E-state index is -0.897. The number of ether oxygens (including phenoxy) is 1. The van der Waals surface area contributed by atoms with Crippen LogP contribution in [0.25, 0.3) is 0 Å². The van der Waals surface area contributed by atoms with Gasteiger partial charge in [0.05, 0.1) is 17.5 Å². The fourth-order valence-electron chi connectivity index (χ4n) is 2.26. The summed E-state index contributed by atoms with van der Waals surface area (Å²) in [6, 6.07) is 0. The number of carbonyl (C=O) groups is 1. The van der Waals surface area contributed by atoms with Crippen molar-refractivity contribution >= 4 is 11.9 Å². The van der Waals surface area contributed by atoms with Gasteiger partial charge >= 0.3 is 5.97 Å². The highest BCUT2D eigenvalue weighted by atomic mass is 16.5. The molecule has 20 heavy (non-hydrogen) atoms. The Morgan fingerprint density at radius 3 is 2.65 bits per heavy atom. The van der Waals surface area contributed by atoms with E-state index in [0.29, 0.717) is 18.9 Å². The molecule has 0 aliphatic carbocycles. The molecule has 1 fully saturated rings. The predicted octanol–water partition coefficient (Wildman–Crippen LogP) is 1.04. The van der Waals surface area contributed by atoms with Crippen LogP contribution in [0.2, 0.25) is 0 Å². The second kappa shape index (κ2) is 6.60. The molecule has 2 heterocycles. The van der Waals surface area contributed by atoms with E-state index in [-0.39, 0.29) is 6.10 Å². The monoisotopic (exact) mass is 280 g/mol. The lowest BCUT2D eigenvalue weighted by Gasteiger charge is -2.12. The van der Waals surface area contributed by atoms with Crippen molar-refractivity contribution < 1.29 is 14.6 Å². The number of nitrogens with zero attached hydrogens (tertiary/aromatic N) is 3. The molecule has 0 aromatic carbocycles. The maximum absolute atomic E-state index is 10.8. The van der Waals surface area contributed by atoms with Gasteiger partial charge in [0.1, 0.15) is 0 Å². The standard InChI is InChI=1S/C13H20N4O3/c1-3-9-10(4-2)16-17-13(15-9)14-7-8-5-6-11(20-8)12(18)19/h8,11H,3-7H2,1-2H3,(H,18,19)(H,14,15,17). The second-order valence-corrected chi connectivity index (χ2v) is 4.78. The molecule has 2 rings (SSSR count). The highest BCUT2D eigenvalue weighted by molar-refractivity contribution is 5.72. The van der Waals surface area contributed by atoms with Crippen LogP contribution in [0.5, 0.6) is 0 Å². The van der Waals surface area contributed by atoms with E-state index < -0.39 is 12.1 Å². The molecule has 0 spiro atoms. The van der Waals surface area contributed by atoms with Crippen LogP contribution in [0.1, 0.15) is 38.1 Å². The molecule has 0 saturated carbocycles. The van der Waals surface area contributed by atoms with Gasteiger partial charge in [-0.3, -0.25) is 0 Å². The molecule has 1 aliphatic rings. The summed E-state index contributed by atoms with van der Waals surface area (Å²) in [5.41, 5.74) is 1.86. The SMILES string of the molecule is CCc1nnc(NCC2CCC(C(=O)O)O2)nc1CC. The topological polar surface area (TPSA) is 97.2 Å². The average molecular weight is 280 g/mol. The Morgan fingerprint density at radius 1 is 1.30 bits per heavy atom. The van der Waals surface area contributed by atoms with Gasteiger partial charge in [-0.2, -0.15) is 5.10 Å². The zero-order valence-electron chi connectivity index (χ0n) is 11.8. The normalized spacial score (nSPS) is 21.9. The maximum Gasteiger partial charge on any atom is 0.332 e. The molecular formula is C13H20N4O3. The number of nitrogens with one attached hydrogen (secondary N) is 1. The zero-order valence-corrected chi connectivity index (χ0v) is 11.8. The van der Waals surface area contributed by atoms with Crippen LogP contribution in [0.4, 0.5) is 5.95 Å². The number of aryl methyl sites for hydroxylation is 2. The third-order valence-electron chi connectivity index (χ3n) is 3.38. The summed E-state index contributed by atoms with van der Waals surface area (Å²) in [5.74, 6) is -0.424. The third kappa shape index (κ3) is 3.41. The molecule has 1 saturated heterocycles. The fraction of sp³-hybridized carbons (Fsp3) is 0.692. The number of rotatable bonds is 6. The highest BCUT2D eigenvalue weighted by Crippen LogP contribution is 2.20. The fourth-order valence-corrected chi connectivity index (χ4v) is 2.26. The van der Waals surface area contributed by atoms with E-state index in [4.69, 9.17) is 9.84 Å². The molecule has 2 N–H and O–H groups in total. The van der Waals surface area contributed by atoms with Crippen molar-refractivity contribution in [2.24, 2.45) is 0 Å². The Balaban J connectivity index is 1.90. The van der Waals surface area contributed by atoms with Crippen molar-refractivity contribution in [1.29, 1.82) is 0 Å². The maximum atomic E-state index is 10.8. The Labute approximate surface area is 117 Å². The van der Waals surface area contributed by atoms with Crippen LogP contribution in [0, 0.1) is 0 Å². The molecule has 2 unspecified atom stereocenters. The molecular weight excluding hydrogens is 260 g/mol. The highest BCUT2D eigenvalue weighted by Gasteiger charge is 2.30. The van der Waals surface area contributed by atoms with Crippen LogP contribution < -0.4 is 5.32 Å². The lowest BCUT2D eigenvalue weighted by Crippen LogP contribution is -2.25. The molecule has 7 nitrogen and oxygen atoms in total. The van der Waals surface area contributed by atoms with Gasteiger partial charge in [-0.05, 0) is 25.7 Å². The molecule has 1 aromatic rings. The van der Waals surface area contributed by atoms with Crippen molar-refractivity contribution in [1.82, 2.24) is 15.2 Å². The average Bonchev–Trinajstić information content (AvgIpc) is 2.94.